The van der Waals surface area contributed by atoms with Crippen molar-refractivity contribution in [3.8, 4) is 5.75 Å². The number of nitrogens with one attached hydrogen (secondary N) is 1. The number of rotatable bonds is 6. The Kier molecular flexibility index (Phi) is 7.10. The van der Waals surface area contributed by atoms with Crippen LogP contribution in [0.4, 0.5) is 24.7 Å². The van der Waals surface area contributed by atoms with Crippen molar-refractivity contribution in [1.29, 1.82) is 0 Å². The average Bonchev–Trinajstić information content (AvgIpc) is 2.94. The monoisotopic (exact) mass is 559 g/mol. The van der Waals surface area contributed by atoms with Gasteiger partial charge in [-0.3, -0.25) is 8.98 Å². The molecular formula is C27H26F3N4O4S+. The fourth-order valence-electron chi connectivity index (χ4n) is 4.22. The van der Waals surface area contributed by atoms with Crippen LogP contribution in [0.1, 0.15) is 21.7 Å². The van der Waals surface area contributed by atoms with E-state index in [1.807, 2.05) is 24.3 Å². The molecule has 0 aliphatic carbocycles. The fraction of sp³-hybridized carbons (Fsp3) is 0.222. The number of hydrogen-bond acceptors (Lipinski definition) is 6. The number of nitrogens with zero attached hydrogens (tertiary/aromatic N) is 3. The second-order valence-electron chi connectivity index (χ2n) is 8.91. The molecule has 0 bridgehead atoms. The number of alkyl halides is 3. The third kappa shape index (κ3) is 5.49. The van der Waals surface area contributed by atoms with E-state index >= 15 is 0 Å². The number of ether oxygens (including phenoxy) is 1. The first kappa shape index (κ1) is 26.7. The maximum absolute atomic E-state index is 13.6. The number of para-hydroxylation sites is 1. The maximum atomic E-state index is 13.6. The molecule has 0 spiro atoms. The van der Waals surface area contributed by atoms with E-state index in [1.54, 1.807) is 47.6 Å². The lowest BCUT2D eigenvalue weighted by Gasteiger charge is -2.31. The number of carbonyl (C=O) groups is 1. The zero-order valence-electron chi connectivity index (χ0n) is 21.1. The third-order valence-electron chi connectivity index (χ3n) is 6.34. The van der Waals surface area contributed by atoms with Crippen LogP contribution in [0.3, 0.4) is 0 Å². The van der Waals surface area contributed by atoms with Crippen LogP contribution in [-0.2, 0) is 16.9 Å². The van der Waals surface area contributed by atoms with E-state index in [-0.39, 0.29) is 36.9 Å². The molecule has 3 N–H and O–H groups in total. The number of halogens is 3. The Morgan fingerprint density at radius 3 is 2.59 bits per heavy atom. The molecule has 0 saturated heterocycles. The van der Waals surface area contributed by atoms with Crippen LogP contribution in [-0.4, -0.2) is 46.9 Å². The van der Waals surface area contributed by atoms with Gasteiger partial charge >= 0.3 is 6.18 Å². The summed E-state index contributed by atoms with van der Waals surface area (Å²) in [4.78, 5) is 22.9. The van der Waals surface area contributed by atoms with Gasteiger partial charge in [-0.25, -0.2) is 9.97 Å². The minimum absolute atomic E-state index is 0.122. The van der Waals surface area contributed by atoms with Gasteiger partial charge < -0.3 is 19.5 Å². The van der Waals surface area contributed by atoms with Crippen molar-refractivity contribution >= 4 is 38.9 Å². The zero-order valence-corrected chi connectivity index (χ0v) is 21.9. The molecule has 1 unspecified atom stereocenters. The second-order valence-corrected chi connectivity index (χ2v) is 11.4. The first-order valence-electron chi connectivity index (χ1n) is 11.9. The maximum Gasteiger partial charge on any atom is 0.451 e. The highest BCUT2D eigenvalue weighted by Gasteiger charge is 2.36. The molecule has 0 radical (unpaired) electrons. The largest absolute Gasteiger partial charge is 0.490 e. The van der Waals surface area contributed by atoms with Gasteiger partial charge in [0.1, 0.15) is 23.1 Å². The molecule has 3 aromatic carbocycles. The molecule has 8 nitrogen and oxygen atoms in total. The summed E-state index contributed by atoms with van der Waals surface area (Å²) in [5.74, 6) is -1.06. The van der Waals surface area contributed by atoms with Gasteiger partial charge in [0.15, 0.2) is 0 Å². The van der Waals surface area contributed by atoms with Crippen LogP contribution in [0.2, 0.25) is 0 Å². The quantitative estimate of drug-likeness (QED) is 0.330. The summed E-state index contributed by atoms with van der Waals surface area (Å²) in [5, 5.41) is 3.34. The highest BCUT2D eigenvalue weighted by molar-refractivity contribution is 8.24. The minimum atomic E-state index is -4.71. The molecule has 1 atom stereocenters. The number of carbonyl (C=O) groups excluding carboxylic acids is 1. The highest BCUT2D eigenvalue weighted by Crippen LogP contribution is 2.48. The van der Waals surface area contributed by atoms with Crippen molar-refractivity contribution in [2.24, 2.45) is 0 Å². The van der Waals surface area contributed by atoms with E-state index in [1.165, 1.54) is 13.2 Å². The van der Waals surface area contributed by atoms with E-state index < -0.39 is 22.6 Å². The SMILES string of the molecule is COS(C)([OH2+])c1ccc(CNC(=O)c2ccc3c(c2)OCCN3c2nc(C(F)(F)F)nc3ccccc23)cc1. The Hall–Kier alpha value is -3.87. The molecule has 39 heavy (non-hydrogen) atoms. The smallest absolute Gasteiger partial charge is 0.451 e. The standard InChI is InChI=1S/C27H25F3N4O4S/c1-37-39(2,36)19-10-7-17(8-11-19)16-31-25(35)18-9-12-22-23(15-18)38-14-13-34(22)24-20-5-3-4-6-21(20)32-26(33-24)27(28,29)30/h3-12,15,36H,13-14,16H2,1-2H3,(H,31,35)/p+1. The number of amides is 1. The Morgan fingerprint density at radius 2 is 1.87 bits per heavy atom. The van der Waals surface area contributed by atoms with Gasteiger partial charge in [-0.1, -0.05) is 34.9 Å². The van der Waals surface area contributed by atoms with Crippen LogP contribution in [0.15, 0.2) is 71.6 Å². The van der Waals surface area contributed by atoms with Crippen molar-refractivity contribution < 1.29 is 31.4 Å². The van der Waals surface area contributed by atoms with Crippen molar-refractivity contribution in [1.82, 2.24) is 15.3 Å². The van der Waals surface area contributed by atoms with Crippen LogP contribution < -0.4 is 15.0 Å². The summed E-state index contributed by atoms with van der Waals surface area (Å²) in [6.45, 7) is 0.741. The van der Waals surface area contributed by atoms with Gasteiger partial charge in [-0.15, -0.1) is 0 Å². The average molecular weight is 560 g/mol. The lowest BCUT2D eigenvalue weighted by atomic mass is 10.1. The summed E-state index contributed by atoms with van der Waals surface area (Å²) >= 11 is 0. The Balaban J connectivity index is 1.38. The van der Waals surface area contributed by atoms with Gasteiger partial charge in [0.05, 0.1) is 31.1 Å². The van der Waals surface area contributed by atoms with E-state index in [0.717, 1.165) is 10.5 Å². The Labute approximate surface area is 224 Å². The summed E-state index contributed by atoms with van der Waals surface area (Å²) in [5.41, 5.74) is 1.89. The molecule has 1 aliphatic heterocycles. The van der Waals surface area contributed by atoms with Gasteiger partial charge in [0.25, 0.3) is 5.91 Å². The predicted molar refractivity (Wildman–Crippen MR) is 143 cm³/mol. The topological polar surface area (TPSA) is 99.5 Å². The zero-order chi connectivity index (χ0) is 27.8. The summed E-state index contributed by atoms with van der Waals surface area (Å²) < 4.78 is 59.9. The molecular weight excluding hydrogens is 533 g/mol. The van der Waals surface area contributed by atoms with Gasteiger partial charge in [-0.2, -0.15) is 13.2 Å². The van der Waals surface area contributed by atoms with E-state index in [9.17, 15) is 18.0 Å². The molecule has 5 rings (SSSR count). The molecule has 0 fully saturated rings. The number of aromatic nitrogens is 2. The van der Waals surface area contributed by atoms with E-state index in [4.69, 9.17) is 13.5 Å². The highest BCUT2D eigenvalue weighted by atomic mass is 32.3. The van der Waals surface area contributed by atoms with Crippen LogP contribution in [0.25, 0.3) is 10.9 Å². The molecule has 1 aliphatic rings. The molecule has 12 heteroatoms. The van der Waals surface area contributed by atoms with Crippen molar-refractivity contribution in [2.75, 3.05) is 31.4 Å². The molecule has 1 amide bonds. The van der Waals surface area contributed by atoms with E-state index in [2.05, 4.69) is 15.3 Å². The lowest BCUT2D eigenvalue weighted by molar-refractivity contribution is -0.144. The van der Waals surface area contributed by atoms with E-state index in [0.29, 0.717) is 22.4 Å². The Morgan fingerprint density at radius 1 is 1.13 bits per heavy atom. The molecule has 1 aromatic heterocycles. The van der Waals surface area contributed by atoms with Crippen molar-refractivity contribution in [2.45, 2.75) is 17.6 Å². The van der Waals surface area contributed by atoms with Crippen molar-refractivity contribution in [3.63, 3.8) is 0 Å². The summed E-state index contributed by atoms with van der Waals surface area (Å²) in [7, 11) is -0.556. The number of anilines is 2. The predicted octanol–water partition coefficient (Wildman–Crippen LogP) is 5.10. The molecule has 2 heterocycles. The van der Waals surface area contributed by atoms with Gasteiger partial charge in [-0.05, 0) is 48.0 Å². The summed E-state index contributed by atoms with van der Waals surface area (Å²) in [6, 6.07) is 18.6. The molecule has 204 valence electrons. The number of benzene rings is 3. The molecule has 0 saturated carbocycles. The molecule has 4 aromatic rings. The second kappa shape index (κ2) is 10.4. The van der Waals surface area contributed by atoms with Crippen LogP contribution in [0.5, 0.6) is 5.75 Å². The van der Waals surface area contributed by atoms with Crippen molar-refractivity contribution in [3.05, 3.63) is 83.7 Å². The van der Waals surface area contributed by atoms with Crippen LogP contribution in [0, 0.1) is 0 Å². The first-order valence-corrected chi connectivity index (χ1v) is 13.9. The number of fused-ring (bicyclic) bond motifs is 2. The van der Waals surface area contributed by atoms with Crippen LogP contribution >= 0.6 is 10.6 Å². The number of hydrogen-bond donors (Lipinski definition) is 1. The minimum Gasteiger partial charge on any atom is -0.490 e. The third-order valence-corrected chi connectivity index (χ3v) is 8.18. The first-order chi connectivity index (χ1) is 18.6. The summed E-state index contributed by atoms with van der Waals surface area (Å²) in [6.07, 6.45) is -2.98. The van der Waals surface area contributed by atoms with Gasteiger partial charge in [0.2, 0.25) is 5.82 Å². The lowest BCUT2D eigenvalue weighted by Crippen LogP contribution is -2.31. The fourth-order valence-corrected chi connectivity index (χ4v) is 5.07. The Bertz CT molecular complexity index is 1530. The van der Waals surface area contributed by atoms with Gasteiger partial charge in [0, 0.05) is 17.5 Å². The normalized spacial score (nSPS) is 15.7.